The van der Waals surface area contributed by atoms with Crippen molar-refractivity contribution in [3.05, 3.63) is 41.7 Å². The molecule has 0 aliphatic heterocycles. The maximum absolute atomic E-state index is 12.2. The molecule has 0 aliphatic rings. The molecule has 0 aliphatic carbocycles. The van der Waals surface area contributed by atoms with Crippen LogP contribution >= 0.6 is 0 Å². The predicted molar refractivity (Wildman–Crippen MR) is 78.4 cm³/mol. The van der Waals surface area contributed by atoms with Gasteiger partial charge in [0.05, 0.1) is 10.6 Å². The fraction of sp³-hybridized carbons (Fsp3) is 0.231. The van der Waals surface area contributed by atoms with E-state index < -0.39 is 10.0 Å². The van der Waals surface area contributed by atoms with Crippen molar-refractivity contribution in [1.29, 1.82) is 0 Å². The van der Waals surface area contributed by atoms with Crippen LogP contribution in [-0.2, 0) is 16.6 Å². The van der Waals surface area contributed by atoms with Crippen molar-refractivity contribution < 1.29 is 13.2 Å². The van der Waals surface area contributed by atoms with Crippen molar-refractivity contribution in [1.82, 2.24) is 9.78 Å². The van der Waals surface area contributed by atoms with Crippen LogP contribution < -0.4 is 10.5 Å². The Kier molecular flexibility index (Phi) is 4.10. The van der Waals surface area contributed by atoms with Gasteiger partial charge in [-0.2, -0.15) is 5.10 Å². The van der Waals surface area contributed by atoms with Crippen molar-refractivity contribution >= 4 is 21.6 Å². The van der Waals surface area contributed by atoms with Crippen LogP contribution in [0.15, 0.2) is 35.2 Å². The Labute approximate surface area is 122 Å². The van der Waals surface area contributed by atoms with E-state index in [-0.39, 0.29) is 10.8 Å². The third-order valence-corrected chi connectivity index (χ3v) is 3.77. The Morgan fingerprint density at radius 1 is 1.38 bits per heavy atom. The number of anilines is 1. The van der Waals surface area contributed by atoms with E-state index in [1.54, 1.807) is 23.7 Å². The summed E-state index contributed by atoms with van der Waals surface area (Å²) in [5.41, 5.74) is 1.50. The number of amides is 1. The average Bonchev–Trinajstić information content (AvgIpc) is 2.79. The fourth-order valence-electron chi connectivity index (χ4n) is 1.92. The molecule has 2 rings (SSSR count). The molecule has 1 aromatic heterocycles. The minimum atomic E-state index is -3.80. The molecular formula is C13H16N4O3S. The Morgan fingerprint density at radius 3 is 2.71 bits per heavy atom. The number of rotatable bonds is 4. The van der Waals surface area contributed by atoms with Gasteiger partial charge in [0.15, 0.2) is 0 Å². The third-order valence-electron chi connectivity index (χ3n) is 2.85. The van der Waals surface area contributed by atoms with Gasteiger partial charge in [0.25, 0.3) is 5.91 Å². The van der Waals surface area contributed by atoms with Crippen LogP contribution in [0.25, 0.3) is 0 Å². The van der Waals surface area contributed by atoms with E-state index in [1.807, 2.05) is 6.92 Å². The second kappa shape index (κ2) is 5.66. The summed E-state index contributed by atoms with van der Waals surface area (Å²) in [6.07, 6.45) is 0. The Balaban J connectivity index is 2.28. The molecular weight excluding hydrogens is 292 g/mol. The molecule has 1 heterocycles. The van der Waals surface area contributed by atoms with Gasteiger partial charge < -0.3 is 5.32 Å². The summed E-state index contributed by atoms with van der Waals surface area (Å²) >= 11 is 0. The van der Waals surface area contributed by atoms with E-state index in [9.17, 15) is 13.2 Å². The Morgan fingerprint density at radius 2 is 2.10 bits per heavy atom. The molecule has 0 bridgehead atoms. The summed E-state index contributed by atoms with van der Waals surface area (Å²) < 4.78 is 24.2. The highest BCUT2D eigenvalue weighted by Gasteiger charge is 2.14. The maximum atomic E-state index is 12.2. The first-order chi connectivity index (χ1) is 9.81. The van der Waals surface area contributed by atoms with E-state index in [4.69, 9.17) is 5.14 Å². The van der Waals surface area contributed by atoms with Crippen molar-refractivity contribution in [3.8, 4) is 0 Å². The molecule has 0 unspecified atom stereocenters. The molecule has 7 nitrogen and oxygen atoms in total. The van der Waals surface area contributed by atoms with Crippen LogP contribution in [0.3, 0.4) is 0 Å². The minimum Gasteiger partial charge on any atom is -0.321 e. The van der Waals surface area contributed by atoms with E-state index in [0.717, 1.165) is 5.69 Å². The summed E-state index contributed by atoms with van der Waals surface area (Å²) in [4.78, 5) is 12.2. The van der Waals surface area contributed by atoms with Gasteiger partial charge in [-0.25, -0.2) is 13.6 Å². The largest absolute Gasteiger partial charge is 0.321 e. The van der Waals surface area contributed by atoms with E-state index >= 15 is 0 Å². The minimum absolute atomic E-state index is 0.0551. The maximum Gasteiger partial charge on any atom is 0.273 e. The summed E-state index contributed by atoms with van der Waals surface area (Å²) in [5, 5.41) is 11.9. The van der Waals surface area contributed by atoms with Crippen molar-refractivity contribution in [2.45, 2.75) is 25.3 Å². The number of nitrogens with one attached hydrogen (secondary N) is 1. The molecule has 8 heteroatoms. The van der Waals surface area contributed by atoms with Crippen molar-refractivity contribution in [2.24, 2.45) is 5.14 Å². The molecule has 0 radical (unpaired) electrons. The van der Waals surface area contributed by atoms with E-state index in [0.29, 0.717) is 17.9 Å². The zero-order chi connectivity index (χ0) is 15.6. The van der Waals surface area contributed by atoms with Gasteiger partial charge in [0, 0.05) is 12.2 Å². The number of carbonyl (C=O) groups is 1. The average molecular weight is 308 g/mol. The number of benzene rings is 1. The number of primary sulfonamides is 1. The van der Waals surface area contributed by atoms with Crippen LogP contribution in [-0.4, -0.2) is 24.1 Å². The molecule has 3 N–H and O–H groups in total. The topological polar surface area (TPSA) is 107 Å². The number of hydrogen-bond donors (Lipinski definition) is 2. The summed E-state index contributed by atoms with van der Waals surface area (Å²) in [6.45, 7) is 4.24. The zero-order valence-corrected chi connectivity index (χ0v) is 12.5. The van der Waals surface area contributed by atoms with Gasteiger partial charge >= 0.3 is 0 Å². The van der Waals surface area contributed by atoms with Gasteiger partial charge in [0.2, 0.25) is 10.0 Å². The number of sulfonamides is 1. The predicted octanol–water partition coefficient (Wildman–Crippen LogP) is 1.11. The second-order valence-electron chi connectivity index (χ2n) is 4.51. The highest BCUT2D eigenvalue weighted by Crippen LogP contribution is 2.15. The van der Waals surface area contributed by atoms with Gasteiger partial charge in [-0.3, -0.25) is 9.48 Å². The van der Waals surface area contributed by atoms with Crippen LogP contribution in [0, 0.1) is 6.92 Å². The normalized spacial score (nSPS) is 11.4. The summed E-state index contributed by atoms with van der Waals surface area (Å²) in [7, 11) is -3.80. The molecule has 0 saturated heterocycles. The lowest BCUT2D eigenvalue weighted by atomic mass is 10.3. The van der Waals surface area contributed by atoms with E-state index in [2.05, 4.69) is 10.4 Å². The van der Waals surface area contributed by atoms with Crippen molar-refractivity contribution in [3.63, 3.8) is 0 Å². The smallest absolute Gasteiger partial charge is 0.273 e. The van der Waals surface area contributed by atoms with Crippen LogP contribution in [0.5, 0.6) is 0 Å². The first kappa shape index (κ1) is 15.2. The number of aryl methyl sites for hydroxylation is 2. The molecule has 0 spiro atoms. The Hall–Kier alpha value is -2.19. The lowest BCUT2D eigenvalue weighted by Gasteiger charge is -2.07. The SMILES string of the molecule is CCn1nc(C)cc1C(=O)Nc1cccc(S(N)(=O)=O)c1. The third kappa shape index (κ3) is 3.47. The van der Waals surface area contributed by atoms with Crippen LogP contribution in [0.2, 0.25) is 0 Å². The molecule has 112 valence electrons. The lowest BCUT2D eigenvalue weighted by Crippen LogP contribution is -2.18. The van der Waals surface area contributed by atoms with Crippen LogP contribution in [0.4, 0.5) is 5.69 Å². The fourth-order valence-corrected chi connectivity index (χ4v) is 2.47. The van der Waals surface area contributed by atoms with Crippen LogP contribution in [0.1, 0.15) is 23.1 Å². The van der Waals surface area contributed by atoms with Gasteiger partial charge in [0.1, 0.15) is 5.69 Å². The molecule has 0 fully saturated rings. The highest BCUT2D eigenvalue weighted by molar-refractivity contribution is 7.89. The van der Waals surface area contributed by atoms with Gasteiger partial charge in [-0.1, -0.05) is 6.07 Å². The molecule has 2 aromatic rings. The quantitative estimate of drug-likeness (QED) is 0.882. The number of nitrogens with zero attached hydrogens (tertiary/aromatic N) is 2. The molecule has 0 atom stereocenters. The molecule has 0 saturated carbocycles. The summed E-state index contributed by atoms with van der Waals surface area (Å²) in [6, 6.07) is 7.45. The zero-order valence-electron chi connectivity index (χ0n) is 11.7. The highest BCUT2D eigenvalue weighted by atomic mass is 32.2. The second-order valence-corrected chi connectivity index (χ2v) is 6.08. The molecule has 1 aromatic carbocycles. The first-order valence-corrected chi connectivity index (χ1v) is 7.84. The van der Waals surface area contributed by atoms with Gasteiger partial charge in [-0.15, -0.1) is 0 Å². The number of nitrogens with two attached hydrogens (primary N) is 1. The van der Waals surface area contributed by atoms with Gasteiger partial charge in [-0.05, 0) is 38.1 Å². The van der Waals surface area contributed by atoms with E-state index in [1.165, 1.54) is 18.2 Å². The monoisotopic (exact) mass is 308 g/mol. The number of hydrogen-bond acceptors (Lipinski definition) is 4. The number of aromatic nitrogens is 2. The lowest BCUT2D eigenvalue weighted by molar-refractivity contribution is 0.101. The summed E-state index contributed by atoms with van der Waals surface area (Å²) in [5.74, 6) is -0.357. The standard InChI is InChI=1S/C13H16N4O3S/c1-3-17-12(7-9(2)16-17)13(18)15-10-5-4-6-11(8-10)21(14,19)20/h4-8H,3H2,1-2H3,(H,15,18)(H2,14,19,20). The molecule has 21 heavy (non-hydrogen) atoms. The molecule has 1 amide bonds. The number of carbonyl (C=O) groups excluding carboxylic acids is 1. The Bertz CT molecular complexity index is 780. The first-order valence-electron chi connectivity index (χ1n) is 6.30. The van der Waals surface area contributed by atoms with Crippen molar-refractivity contribution in [2.75, 3.05) is 5.32 Å².